The second-order valence-corrected chi connectivity index (χ2v) is 6.83. The summed E-state index contributed by atoms with van der Waals surface area (Å²) in [5.74, 6) is 1.18. The summed E-state index contributed by atoms with van der Waals surface area (Å²) >= 11 is 1.47. The van der Waals surface area contributed by atoms with Crippen LogP contribution in [-0.4, -0.2) is 27.2 Å². The minimum atomic E-state index is -0.374. The second kappa shape index (κ2) is 8.05. The van der Waals surface area contributed by atoms with Gasteiger partial charge in [-0.15, -0.1) is 16.8 Å². The highest BCUT2D eigenvalue weighted by Crippen LogP contribution is 2.36. The van der Waals surface area contributed by atoms with Gasteiger partial charge in [0.25, 0.3) is 0 Å². The van der Waals surface area contributed by atoms with Gasteiger partial charge in [0.2, 0.25) is 11.0 Å². The van der Waals surface area contributed by atoms with E-state index in [4.69, 9.17) is 4.74 Å². The Morgan fingerprint density at radius 2 is 1.89 bits per heavy atom. The van der Waals surface area contributed by atoms with Crippen molar-refractivity contribution in [3.8, 4) is 17.1 Å². The Morgan fingerprint density at radius 1 is 1.07 bits per heavy atom. The van der Waals surface area contributed by atoms with E-state index in [-0.39, 0.29) is 6.23 Å². The maximum Gasteiger partial charge on any atom is 0.247 e. The molecule has 1 aliphatic heterocycles. The topological polar surface area (TPSA) is 59.9 Å². The molecule has 0 saturated carbocycles. The Morgan fingerprint density at radius 3 is 2.74 bits per heavy atom. The number of benzene rings is 2. The number of hydrogen-bond acceptors (Lipinski definition) is 6. The van der Waals surface area contributed by atoms with E-state index >= 15 is 0 Å². The fraction of sp³-hybridized carbons (Fsp3) is 0.0952. The van der Waals surface area contributed by atoms with Crippen LogP contribution >= 0.6 is 11.8 Å². The van der Waals surface area contributed by atoms with Crippen molar-refractivity contribution in [2.24, 2.45) is 0 Å². The lowest BCUT2D eigenvalue weighted by Gasteiger charge is -2.15. The second-order valence-electron chi connectivity index (χ2n) is 5.85. The smallest absolute Gasteiger partial charge is 0.247 e. The summed E-state index contributed by atoms with van der Waals surface area (Å²) in [6, 6.07) is 18.0. The van der Waals surface area contributed by atoms with E-state index in [1.807, 2.05) is 72.8 Å². The van der Waals surface area contributed by atoms with Crippen LogP contribution in [0.25, 0.3) is 17.3 Å². The van der Waals surface area contributed by atoms with Gasteiger partial charge in [0.05, 0.1) is 0 Å². The number of aromatic nitrogens is 3. The summed E-state index contributed by atoms with van der Waals surface area (Å²) < 4.78 is 6.13. The number of ether oxygens (including phenoxy) is 1. The van der Waals surface area contributed by atoms with E-state index in [9.17, 15) is 0 Å². The average molecular weight is 374 g/mol. The van der Waals surface area contributed by atoms with Gasteiger partial charge < -0.3 is 10.1 Å². The van der Waals surface area contributed by atoms with Crippen molar-refractivity contribution >= 4 is 23.5 Å². The van der Waals surface area contributed by atoms with E-state index in [2.05, 4.69) is 27.1 Å². The summed E-state index contributed by atoms with van der Waals surface area (Å²) in [4.78, 5) is 4.56. The normalized spacial score (nSPS) is 15.2. The highest BCUT2D eigenvalue weighted by atomic mass is 32.2. The fourth-order valence-electron chi connectivity index (χ4n) is 2.71. The molecular weight excluding hydrogens is 356 g/mol. The third kappa shape index (κ3) is 4.01. The molecule has 27 heavy (non-hydrogen) atoms. The van der Waals surface area contributed by atoms with Gasteiger partial charge in [0.15, 0.2) is 11.9 Å². The molecule has 4 rings (SSSR count). The van der Waals surface area contributed by atoms with Gasteiger partial charge in [-0.1, -0.05) is 72.4 Å². The van der Waals surface area contributed by atoms with E-state index in [1.54, 1.807) is 0 Å². The first-order chi connectivity index (χ1) is 13.3. The summed E-state index contributed by atoms with van der Waals surface area (Å²) in [6.45, 7) is 3.73. The molecule has 0 spiro atoms. The van der Waals surface area contributed by atoms with Crippen molar-refractivity contribution in [1.29, 1.82) is 0 Å². The third-order valence-corrected chi connectivity index (χ3v) is 4.78. The summed E-state index contributed by atoms with van der Waals surface area (Å²) in [6.07, 6.45) is 5.43. The molecule has 0 radical (unpaired) electrons. The first-order valence-electron chi connectivity index (χ1n) is 8.58. The number of nitrogens with zero attached hydrogens (tertiary/aromatic N) is 3. The molecule has 1 N–H and O–H groups in total. The first-order valence-corrected chi connectivity index (χ1v) is 9.56. The van der Waals surface area contributed by atoms with Crippen LogP contribution in [0.5, 0.6) is 5.88 Å². The van der Waals surface area contributed by atoms with Crippen LogP contribution < -0.4 is 10.1 Å². The minimum absolute atomic E-state index is 0.374. The zero-order valence-corrected chi connectivity index (χ0v) is 15.4. The maximum absolute atomic E-state index is 6.13. The quantitative estimate of drug-likeness (QED) is 0.518. The van der Waals surface area contributed by atoms with Gasteiger partial charge >= 0.3 is 0 Å². The lowest BCUT2D eigenvalue weighted by atomic mass is 10.1. The Labute approximate surface area is 162 Å². The van der Waals surface area contributed by atoms with Crippen LogP contribution in [-0.2, 0) is 0 Å². The molecule has 2 heterocycles. The van der Waals surface area contributed by atoms with E-state index in [0.717, 1.165) is 16.8 Å². The van der Waals surface area contributed by atoms with Crippen molar-refractivity contribution in [3.63, 3.8) is 0 Å². The molecule has 3 aromatic rings. The molecule has 5 nitrogen and oxygen atoms in total. The van der Waals surface area contributed by atoms with Crippen molar-refractivity contribution in [3.05, 3.63) is 78.9 Å². The highest BCUT2D eigenvalue weighted by Gasteiger charge is 2.23. The van der Waals surface area contributed by atoms with Gasteiger partial charge in [0.1, 0.15) is 0 Å². The Balaban J connectivity index is 1.70. The molecule has 1 aliphatic rings. The first kappa shape index (κ1) is 17.3. The highest BCUT2D eigenvalue weighted by molar-refractivity contribution is 7.99. The Bertz CT molecular complexity index is 975. The zero-order chi connectivity index (χ0) is 18.5. The number of para-hydroxylation sites is 1. The standard InChI is InChI=1S/C21H18N4OS/c1-2-14-27-21-23-20-19(24-25-21)16-10-6-7-11-17(16)22-18(26-20)13-12-15-8-4-3-5-9-15/h2-13,18,22H,1,14H2/t18-/m1/s1. The van der Waals surface area contributed by atoms with E-state index < -0.39 is 0 Å². The van der Waals surface area contributed by atoms with Gasteiger partial charge in [-0.3, -0.25) is 0 Å². The van der Waals surface area contributed by atoms with Gasteiger partial charge in [-0.2, -0.15) is 4.98 Å². The van der Waals surface area contributed by atoms with E-state index in [1.165, 1.54) is 11.8 Å². The van der Waals surface area contributed by atoms with Crippen molar-refractivity contribution in [2.45, 2.75) is 11.4 Å². The average Bonchev–Trinajstić information content (AvgIpc) is 2.87. The molecule has 6 heteroatoms. The number of nitrogens with one attached hydrogen (secondary N) is 1. The number of thioether (sulfide) groups is 1. The predicted octanol–water partition coefficient (Wildman–Crippen LogP) is 4.66. The fourth-order valence-corrected chi connectivity index (χ4v) is 3.23. The molecule has 0 fully saturated rings. The van der Waals surface area contributed by atoms with Gasteiger partial charge in [-0.05, 0) is 17.7 Å². The summed E-state index contributed by atoms with van der Waals surface area (Å²) in [7, 11) is 0. The van der Waals surface area contributed by atoms with Crippen LogP contribution in [0.1, 0.15) is 5.56 Å². The van der Waals surface area contributed by atoms with Gasteiger partial charge in [-0.25, -0.2) is 0 Å². The largest absolute Gasteiger partial charge is 0.448 e. The number of rotatable bonds is 5. The van der Waals surface area contributed by atoms with Crippen molar-refractivity contribution < 1.29 is 4.74 Å². The lowest BCUT2D eigenvalue weighted by molar-refractivity contribution is 0.266. The predicted molar refractivity (Wildman–Crippen MR) is 110 cm³/mol. The third-order valence-electron chi connectivity index (χ3n) is 3.95. The molecule has 0 aliphatic carbocycles. The molecule has 1 aromatic heterocycles. The SMILES string of the molecule is C=CCSc1nnc2c(n1)O[C@H](C=Cc1ccccc1)Nc1ccccc1-2. The lowest BCUT2D eigenvalue weighted by Crippen LogP contribution is -2.23. The summed E-state index contributed by atoms with van der Waals surface area (Å²) in [5.41, 5.74) is 3.59. The molecule has 0 unspecified atom stereocenters. The van der Waals surface area contributed by atoms with E-state index in [0.29, 0.717) is 22.5 Å². The summed E-state index contributed by atoms with van der Waals surface area (Å²) in [5, 5.41) is 12.6. The van der Waals surface area contributed by atoms with Crippen molar-refractivity contribution in [1.82, 2.24) is 15.2 Å². The van der Waals surface area contributed by atoms with Crippen molar-refractivity contribution in [2.75, 3.05) is 11.1 Å². The number of anilines is 1. The van der Waals surface area contributed by atoms with Crippen LogP contribution in [0.15, 0.2) is 78.5 Å². The number of hydrogen-bond donors (Lipinski definition) is 1. The minimum Gasteiger partial charge on any atom is -0.448 e. The maximum atomic E-state index is 6.13. The molecule has 1 atom stereocenters. The molecule has 0 amide bonds. The van der Waals surface area contributed by atoms with Crippen LogP contribution in [0.3, 0.4) is 0 Å². The van der Waals surface area contributed by atoms with Crippen LogP contribution in [0, 0.1) is 0 Å². The Hall–Kier alpha value is -3.12. The Kier molecular flexibility index (Phi) is 5.16. The molecular formula is C21H18N4OS. The monoisotopic (exact) mass is 374 g/mol. The van der Waals surface area contributed by atoms with Crippen LogP contribution in [0.2, 0.25) is 0 Å². The zero-order valence-electron chi connectivity index (χ0n) is 14.6. The molecule has 0 saturated heterocycles. The molecule has 0 bridgehead atoms. The number of fused-ring (bicyclic) bond motifs is 3. The van der Waals surface area contributed by atoms with Gasteiger partial charge in [0, 0.05) is 17.0 Å². The molecule has 2 aromatic carbocycles. The van der Waals surface area contributed by atoms with Crippen LogP contribution in [0.4, 0.5) is 5.69 Å². The molecule has 134 valence electrons.